The van der Waals surface area contributed by atoms with Crippen molar-refractivity contribution in [3.63, 3.8) is 0 Å². The molecule has 0 amide bonds. The Kier molecular flexibility index (Phi) is 5.03. The summed E-state index contributed by atoms with van der Waals surface area (Å²) in [5.74, 6) is 0.437. The third kappa shape index (κ3) is 5.15. The van der Waals surface area contributed by atoms with Crippen molar-refractivity contribution in [2.45, 2.75) is 51.7 Å². The summed E-state index contributed by atoms with van der Waals surface area (Å²) in [5, 5.41) is 3.27. The van der Waals surface area contributed by atoms with Gasteiger partial charge >= 0.3 is 5.97 Å². The third-order valence-corrected chi connectivity index (χ3v) is 3.29. The molecule has 0 unspecified atom stereocenters. The van der Waals surface area contributed by atoms with Crippen LogP contribution in [-0.4, -0.2) is 34.2 Å². The van der Waals surface area contributed by atoms with Gasteiger partial charge in [0.25, 0.3) is 5.88 Å². The average molecular weight is 358 g/mol. The molecule has 0 saturated heterocycles. The standard InChI is InChI=1S/C14H20BrN3O3/c1-14(2,3)21-11(19)8-20-13-12(16-7-10(15)18-13)17-9-5-4-6-9/h7,9H,4-6,8H2,1-3H3,(H,16,17). The Morgan fingerprint density at radius 3 is 2.76 bits per heavy atom. The number of aromatic nitrogens is 2. The minimum absolute atomic E-state index is 0.193. The molecule has 1 aliphatic carbocycles. The van der Waals surface area contributed by atoms with E-state index in [1.807, 2.05) is 20.8 Å². The zero-order valence-electron chi connectivity index (χ0n) is 12.5. The molecule has 116 valence electrons. The van der Waals surface area contributed by atoms with Gasteiger partial charge in [0.1, 0.15) is 10.2 Å². The monoisotopic (exact) mass is 357 g/mol. The Hall–Kier alpha value is -1.37. The molecule has 1 aliphatic rings. The van der Waals surface area contributed by atoms with Crippen LogP contribution >= 0.6 is 15.9 Å². The largest absolute Gasteiger partial charge is 0.463 e. The highest BCUT2D eigenvalue weighted by atomic mass is 79.9. The fourth-order valence-electron chi connectivity index (χ4n) is 1.80. The summed E-state index contributed by atoms with van der Waals surface area (Å²) in [5.41, 5.74) is -0.531. The van der Waals surface area contributed by atoms with Gasteiger partial charge in [0.15, 0.2) is 12.4 Å². The number of carbonyl (C=O) groups excluding carboxylic acids is 1. The zero-order chi connectivity index (χ0) is 15.5. The fraction of sp³-hybridized carbons (Fsp3) is 0.643. The molecule has 1 aromatic heterocycles. The molecule has 0 bridgehead atoms. The normalized spacial score (nSPS) is 15.2. The number of nitrogens with zero attached hydrogens (tertiary/aromatic N) is 2. The maximum Gasteiger partial charge on any atom is 0.344 e. The van der Waals surface area contributed by atoms with E-state index >= 15 is 0 Å². The summed E-state index contributed by atoms with van der Waals surface area (Å²) in [7, 11) is 0. The lowest BCUT2D eigenvalue weighted by Crippen LogP contribution is -2.29. The van der Waals surface area contributed by atoms with Gasteiger partial charge in [0.05, 0.1) is 6.20 Å². The first kappa shape index (κ1) is 16.0. The van der Waals surface area contributed by atoms with E-state index in [1.54, 1.807) is 6.20 Å². The number of rotatable bonds is 5. The maximum atomic E-state index is 11.7. The van der Waals surface area contributed by atoms with E-state index in [1.165, 1.54) is 6.42 Å². The number of ether oxygens (including phenoxy) is 2. The summed E-state index contributed by atoms with van der Waals surface area (Å²) < 4.78 is 11.2. The van der Waals surface area contributed by atoms with Gasteiger partial charge in [-0.3, -0.25) is 0 Å². The summed E-state index contributed by atoms with van der Waals surface area (Å²) in [6.07, 6.45) is 5.05. The van der Waals surface area contributed by atoms with Gasteiger partial charge in [0, 0.05) is 6.04 Å². The van der Waals surface area contributed by atoms with Gasteiger partial charge < -0.3 is 14.8 Å². The highest BCUT2D eigenvalue weighted by molar-refractivity contribution is 9.10. The van der Waals surface area contributed by atoms with Crippen molar-refractivity contribution in [2.75, 3.05) is 11.9 Å². The first-order chi connectivity index (χ1) is 9.83. The molecule has 1 heterocycles. The van der Waals surface area contributed by atoms with Crippen LogP contribution in [0, 0.1) is 0 Å². The number of anilines is 1. The van der Waals surface area contributed by atoms with Crippen LogP contribution in [0.15, 0.2) is 10.8 Å². The van der Waals surface area contributed by atoms with Crippen LogP contribution in [0.4, 0.5) is 5.82 Å². The zero-order valence-corrected chi connectivity index (χ0v) is 14.1. The molecule has 0 spiro atoms. The predicted molar refractivity (Wildman–Crippen MR) is 82.3 cm³/mol. The molecule has 7 heteroatoms. The number of hydrogen-bond acceptors (Lipinski definition) is 6. The summed E-state index contributed by atoms with van der Waals surface area (Å²) in [6.45, 7) is 5.25. The molecule has 1 N–H and O–H groups in total. The molecule has 6 nitrogen and oxygen atoms in total. The van der Waals surface area contributed by atoms with Gasteiger partial charge in [-0.15, -0.1) is 0 Å². The Labute approximate surface area is 132 Å². The lowest BCUT2D eigenvalue weighted by Gasteiger charge is -2.27. The van der Waals surface area contributed by atoms with Crippen LogP contribution in [0.5, 0.6) is 5.88 Å². The number of halogens is 1. The molecule has 21 heavy (non-hydrogen) atoms. The van der Waals surface area contributed by atoms with Crippen molar-refractivity contribution in [3.05, 3.63) is 10.8 Å². The second kappa shape index (κ2) is 6.60. The van der Waals surface area contributed by atoms with E-state index in [0.29, 0.717) is 22.3 Å². The molecule has 1 fully saturated rings. The molecule has 0 aliphatic heterocycles. The smallest absolute Gasteiger partial charge is 0.344 e. The van der Waals surface area contributed by atoms with Crippen molar-refractivity contribution in [1.82, 2.24) is 9.97 Å². The lowest BCUT2D eigenvalue weighted by molar-refractivity contribution is -0.157. The van der Waals surface area contributed by atoms with Gasteiger partial charge in [-0.05, 0) is 56.0 Å². The third-order valence-electron chi connectivity index (χ3n) is 2.90. The number of esters is 1. The van der Waals surface area contributed by atoms with Gasteiger partial charge in [-0.25, -0.2) is 14.8 Å². The topological polar surface area (TPSA) is 73.3 Å². The van der Waals surface area contributed by atoms with E-state index < -0.39 is 11.6 Å². The summed E-state index contributed by atoms with van der Waals surface area (Å²) in [4.78, 5) is 20.2. The maximum absolute atomic E-state index is 11.7. The lowest BCUT2D eigenvalue weighted by atomic mass is 9.93. The van der Waals surface area contributed by atoms with Crippen LogP contribution in [-0.2, 0) is 9.53 Å². The molecule has 0 aromatic carbocycles. The number of nitrogens with one attached hydrogen (secondary N) is 1. The molecular formula is C14H20BrN3O3. The van der Waals surface area contributed by atoms with E-state index in [9.17, 15) is 4.79 Å². The van der Waals surface area contributed by atoms with E-state index in [4.69, 9.17) is 9.47 Å². The van der Waals surface area contributed by atoms with E-state index in [2.05, 4.69) is 31.2 Å². The minimum Gasteiger partial charge on any atom is -0.463 e. The second-order valence-electron chi connectivity index (χ2n) is 5.99. The first-order valence-electron chi connectivity index (χ1n) is 6.97. The van der Waals surface area contributed by atoms with Crippen molar-refractivity contribution < 1.29 is 14.3 Å². The predicted octanol–water partition coefficient (Wildman–Crippen LogP) is 2.92. The Morgan fingerprint density at radius 2 is 2.19 bits per heavy atom. The average Bonchev–Trinajstić information content (AvgIpc) is 2.30. The van der Waals surface area contributed by atoms with Gasteiger partial charge in [-0.1, -0.05) is 0 Å². The quantitative estimate of drug-likeness (QED) is 0.816. The molecule has 0 radical (unpaired) electrons. The van der Waals surface area contributed by atoms with Crippen molar-refractivity contribution in [1.29, 1.82) is 0 Å². The Morgan fingerprint density at radius 1 is 1.48 bits per heavy atom. The molecular weight excluding hydrogens is 338 g/mol. The number of hydrogen-bond donors (Lipinski definition) is 1. The molecule has 1 saturated carbocycles. The highest BCUT2D eigenvalue weighted by Crippen LogP contribution is 2.27. The minimum atomic E-state index is -0.531. The summed E-state index contributed by atoms with van der Waals surface area (Å²) >= 11 is 3.25. The highest BCUT2D eigenvalue weighted by Gasteiger charge is 2.21. The van der Waals surface area contributed by atoms with Crippen molar-refractivity contribution >= 4 is 27.7 Å². The fourth-order valence-corrected chi connectivity index (χ4v) is 2.06. The van der Waals surface area contributed by atoms with E-state index in [0.717, 1.165) is 12.8 Å². The second-order valence-corrected chi connectivity index (χ2v) is 6.81. The van der Waals surface area contributed by atoms with Gasteiger partial charge in [-0.2, -0.15) is 0 Å². The van der Waals surface area contributed by atoms with Crippen LogP contribution < -0.4 is 10.1 Å². The SMILES string of the molecule is CC(C)(C)OC(=O)COc1nc(Br)cnc1NC1CCC1. The Bertz CT molecular complexity index is 513. The van der Waals surface area contributed by atoms with E-state index in [-0.39, 0.29) is 6.61 Å². The molecule has 0 atom stereocenters. The van der Waals surface area contributed by atoms with Crippen molar-refractivity contribution in [2.24, 2.45) is 0 Å². The van der Waals surface area contributed by atoms with Crippen LogP contribution in [0.25, 0.3) is 0 Å². The Balaban J connectivity index is 1.97. The number of carbonyl (C=O) groups is 1. The first-order valence-corrected chi connectivity index (χ1v) is 7.76. The molecule has 2 rings (SSSR count). The van der Waals surface area contributed by atoms with Crippen molar-refractivity contribution in [3.8, 4) is 5.88 Å². The van der Waals surface area contributed by atoms with Crippen LogP contribution in [0.3, 0.4) is 0 Å². The van der Waals surface area contributed by atoms with Crippen LogP contribution in [0.1, 0.15) is 40.0 Å². The summed E-state index contributed by atoms with van der Waals surface area (Å²) in [6, 6.07) is 0.407. The molecule has 1 aromatic rings. The van der Waals surface area contributed by atoms with Crippen LogP contribution in [0.2, 0.25) is 0 Å². The van der Waals surface area contributed by atoms with Gasteiger partial charge in [0.2, 0.25) is 0 Å².